The molecule has 1 saturated heterocycles. The summed E-state index contributed by atoms with van der Waals surface area (Å²) < 4.78 is 32.1. The van der Waals surface area contributed by atoms with Gasteiger partial charge in [0.2, 0.25) is 15.9 Å². The van der Waals surface area contributed by atoms with Gasteiger partial charge in [0.05, 0.1) is 28.7 Å². The summed E-state index contributed by atoms with van der Waals surface area (Å²) in [5.74, 6) is -1.12. The minimum Gasteiger partial charge on any atom is -0.383 e. The Morgan fingerprint density at radius 3 is 2.55 bits per heavy atom. The molecule has 166 valence electrons. The lowest BCUT2D eigenvalue weighted by Gasteiger charge is -2.31. The van der Waals surface area contributed by atoms with Crippen molar-refractivity contribution in [1.82, 2.24) is 9.62 Å². The number of amides is 2. The van der Waals surface area contributed by atoms with Crippen molar-refractivity contribution >= 4 is 27.5 Å². The van der Waals surface area contributed by atoms with E-state index in [0.29, 0.717) is 43.8 Å². The molecule has 1 aliphatic rings. The second-order valence-electron chi connectivity index (χ2n) is 7.30. The van der Waals surface area contributed by atoms with Crippen molar-refractivity contribution in [3.05, 3.63) is 60.2 Å². The molecule has 1 heterocycles. The van der Waals surface area contributed by atoms with Crippen molar-refractivity contribution in [1.29, 1.82) is 0 Å². The lowest BCUT2D eigenvalue weighted by molar-refractivity contribution is -0.120. The van der Waals surface area contributed by atoms with Crippen LogP contribution in [-0.4, -0.2) is 57.9 Å². The van der Waals surface area contributed by atoms with E-state index in [2.05, 4.69) is 10.6 Å². The zero-order chi connectivity index (χ0) is 22.3. The Bertz CT molecular complexity index is 1010. The van der Waals surface area contributed by atoms with Crippen LogP contribution in [0.4, 0.5) is 5.69 Å². The lowest BCUT2D eigenvalue weighted by atomic mass is 9.98. The van der Waals surface area contributed by atoms with Crippen molar-refractivity contribution in [2.24, 2.45) is 5.92 Å². The molecule has 0 unspecified atom stereocenters. The summed E-state index contributed by atoms with van der Waals surface area (Å²) in [5.41, 5.74) is 0.738. The Kier molecular flexibility index (Phi) is 7.78. The van der Waals surface area contributed by atoms with Gasteiger partial charge in [-0.15, -0.1) is 0 Å². The van der Waals surface area contributed by atoms with Gasteiger partial charge in [-0.25, -0.2) is 8.42 Å². The van der Waals surface area contributed by atoms with Gasteiger partial charge in [-0.05, 0) is 37.1 Å². The van der Waals surface area contributed by atoms with E-state index in [0.717, 1.165) is 0 Å². The molecule has 9 heteroatoms. The van der Waals surface area contributed by atoms with Crippen LogP contribution in [0.2, 0.25) is 0 Å². The number of hydrogen-bond donors (Lipinski definition) is 2. The average molecular weight is 446 g/mol. The van der Waals surface area contributed by atoms with Gasteiger partial charge in [-0.2, -0.15) is 4.31 Å². The molecule has 0 aliphatic carbocycles. The Morgan fingerprint density at radius 1 is 1.10 bits per heavy atom. The number of benzene rings is 2. The fraction of sp³-hybridized carbons (Fsp3) is 0.364. The van der Waals surface area contributed by atoms with Gasteiger partial charge < -0.3 is 15.4 Å². The fourth-order valence-corrected chi connectivity index (χ4v) is 5.05. The molecule has 2 N–H and O–H groups in total. The number of carbonyl (C=O) groups excluding carboxylic acids is 2. The van der Waals surface area contributed by atoms with Crippen molar-refractivity contribution in [2.45, 2.75) is 17.7 Å². The zero-order valence-electron chi connectivity index (χ0n) is 17.4. The molecule has 3 rings (SSSR count). The van der Waals surface area contributed by atoms with E-state index in [9.17, 15) is 18.0 Å². The number of rotatable bonds is 8. The van der Waals surface area contributed by atoms with Gasteiger partial charge in [-0.3, -0.25) is 9.59 Å². The van der Waals surface area contributed by atoms with E-state index < -0.39 is 15.9 Å². The number of carbonyl (C=O) groups is 2. The second kappa shape index (κ2) is 10.5. The number of nitrogens with one attached hydrogen (secondary N) is 2. The quantitative estimate of drug-likeness (QED) is 0.606. The van der Waals surface area contributed by atoms with Crippen molar-refractivity contribution in [3.63, 3.8) is 0 Å². The number of piperidine rings is 1. The van der Waals surface area contributed by atoms with Crippen LogP contribution in [0.3, 0.4) is 0 Å². The topological polar surface area (TPSA) is 105 Å². The van der Waals surface area contributed by atoms with Gasteiger partial charge in [0.15, 0.2) is 0 Å². The molecule has 0 spiro atoms. The van der Waals surface area contributed by atoms with Gasteiger partial charge in [0, 0.05) is 26.7 Å². The highest BCUT2D eigenvalue weighted by atomic mass is 32.2. The number of para-hydroxylation sites is 1. The molecule has 0 saturated carbocycles. The third-order valence-corrected chi connectivity index (χ3v) is 7.04. The Morgan fingerprint density at radius 2 is 1.81 bits per heavy atom. The van der Waals surface area contributed by atoms with E-state index in [1.165, 1.54) is 4.31 Å². The van der Waals surface area contributed by atoms with Gasteiger partial charge in [-0.1, -0.05) is 30.3 Å². The molecule has 8 nitrogen and oxygen atoms in total. The maximum atomic E-state index is 12.9. The Labute approximate surface area is 182 Å². The molecule has 2 aromatic rings. The van der Waals surface area contributed by atoms with Crippen LogP contribution in [-0.2, 0) is 19.6 Å². The largest absolute Gasteiger partial charge is 0.383 e. The molecular formula is C22H27N3O5S. The highest BCUT2D eigenvalue weighted by Crippen LogP contribution is 2.25. The first-order chi connectivity index (χ1) is 14.9. The molecule has 0 bridgehead atoms. The minimum atomic E-state index is -3.66. The first-order valence-electron chi connectivity index (χ1n) is 10.2. The average Bonchev–Trinajstić information content (AvgIpc) is 2.80. The van der Waals surface area contributed by atoms with Crippen LogP contribution in [0.15, 0.2) is 59.5 Å². The number of ether oxygens (including phenoxy) is 1. The summed E-state index contributed by atoms with van der Waals surface area (Å²) in [6, 6.07) is 15.0. The van der Waals surface area contributed by atoms with E-state index in [4.69, 9.17) is 4.74 Å². The highest BCUT2D eigenvalue weighted by molar-refractivity contribution is 7.89. The van der Waals surface area contributed by atoms with Crippen LogP contribution in [0.5, 0.6) is 0 Å². The van der Waals surface area contributed by atoms with E-state index in [1.54, 1.807) is 61.7 Å². The van der Waals surface area contributed by atoms with Gasteiger partial charge >= 0.3 is 0 Å². The predicted octanol–water partition coefficient (Wildman–Crippen LogP) is 2.10. The van der Waals surface area contributed by atoms with Crippen molar-refractivity contribution in [3.8, 4) is 0 Å². The van der Waals surface area contributed by atoms with E-state index >= 15 is 0 Å². The normalized spacial score (nSPS) is 17.1. The van der Waals surface area contributed by atoms with Crippen LogP contribution in [0.1, 0.15) is 23.2 Å². The summed E-state index contributed by atoms with van der Waals surface area (Å²) in [5, 5.41) is 5.55. The Balaban J connectivity index is 1.69. The third-order valence-electron chi connectivity index (χ3n) is 5.16. The number of anilines is 1. The third kappa shape index (κ3) is 5.69. The maximum absolute atomic E-state index is 12.9. The Hall–Kier alpha value is -2.75. The molecule has 1 fully saturated rings. The lowest BCUT2D eigenvalue weighted by Crippen LogP contribution is -2.43. The fourth-order valence-electron chi connectivity index (χ4n) is 3.50. The van der Waals surface area contributed by atoms with Crippen LogP contribution >= 0.6 is 0 Å². The van der Waals surface area contributed by atoms with Gasteiger partial charge in [0.25, 0.3) is 5.91 Å². The number of methoxy groups -OCH3 is 1. The highest BCUT2D eigenvalue weighted by Gasteiger charge is 2.33. The minimum absolute atomic E-state index is 0.102. The zero-order valence-corrected chi connectivity index (χ0v) is 18.2. The summed E-state index contributed by atoms with van der Waals surface area (Å²) in [4.78, 5) is 25.6. The summed E-state index contributed by atoms with van der Waals surface area (Å²) >= 11 is 0. The smallest absolute Gasteiger partial charge is 0.253 e. The summed E-state index contributed by atoms with van der Waals surface area (Å²) in [7, 11) is -2.11. The molecule has 31 heavy (non-hydrogen) atoms. The molecule has 2 aromatic carbocycles. The monoisotopic (exact) mass is 445 g/mol. The maximum Gasteiger partial charge on any atom is 0.253 e. The second-order valence-corrected chi connectivity index (χ2v) is 9.24. The van der Waals surface area contributed by atoms with Crippen molar-refractivity contribution in [2.75, 3.05) is 38.7 Å². The standard InChI is InChI=1S/C22H27N3O5S/c1-30-15-13-23-22(27)19-11-5-6-12-20(19)24-21(26)17-8-7-14-25(16-17)31(28,29)18-9-3-2-4-10-18/h2-6,9-12,17H,7-8,13-16H2,1H3,(H,23,27)(H,24,26)/t17-/m0/s1. The SMILES string of the molecule is COCCNC(=O)c1ccccc1NC(=O)[C@H]1CCCN(S(=O)(=O)c2ccccc2)C1. The summed E-state index contributed by atoms with van der Waals surface area (Å²) in [6.07, 6.45) is 1.16. The van der Waals surface area contributed by atoms with E-state index in [-0.39, 0.29) is 23.3 Å². The molecule has 1 aliphatic heterocycles. The predicted molar refractivity (Wildman–Crippen MR) is 117 cm³/mol. The van der Waals surface area contributed by atoms with E-state index in [1.807, 2.05) is 0 Å². The molecule has 0 aromatic heterocycles. The summed E-state index contributed by atoms with van der Waals surface area (Å²) in [6.45, 7) is 1.21. The first kappa shape index (κ1) is 22.9. The number of nitrogens with zero attached hydrogens (tertiary/aromatic N) is 1. The number of hydrogen-bond acceptors (Lipinski definition) is 5. The molecule has 1 atom stereocenters. The van der Waals surface area contributed by atoms with Crippen LogP contribution in [0.25, 0.3) is 0 Å². The van der Waals surface area contributed by atoms with Crippen molar-refractivity contribution < 1.29 is 22.7 Å². The van der Waals surface area contributed by atoms with Crippen LogP contribution < -0.4 is 10.6 Å². The number of sulfonamides is 1. The van der Waals surface area contributed by atoms with Gasteiger partial charge in [0.1, 0.15) is 0 Å². The molecule has 2 amide bonds. The van der Waals surface area contributed by atoms with Crippen LogP contribution in [0, 0.1) is 5.92 Å². The molecule has 0 radical (unpaired) electrons. The first-order valence-corrected chi connectivity index (χ1v) is 11.6. The molecular weight excluding hydrogens is 418 g/mol.